The second-order valence-corrected chi connectivity index (χ2v) is 6.86. The molecule has 24 heavy (non-hydrogen) atoms. The van der Waals surface area contributed by atoms with E-state index in [0.717, 1.165) is 18.8 Å². The first-order valence-corrected chi connectivity index (χ1v) is 8.45. The summed E-state index contributed by atoms with van der Waals surface area (Å²) >= 11 is 0. The van der Waals surface area contributed by atoms with Crippen molar-refractivity contribution in [3.63, 3.8) is 0 Å². The first-order valence-electron chi connectivity index (χ1n) is 8.45. The summed E-state index contributed by atoms with van der Waals surface area (Å²) in [5, 5.41) is 2.89. The summed E-state index contributed by atoms with van der Waals surface area (Å²) in [6.45, 7) is 6.66. The molecule has 1 aromatic rings. The quantitative estimate of drug-likeness (QED) is 0.889. The van der Waals surface area contributed by atoms with E-state index in [2.05, 4.69) is 10.2 Å². The van der Waals surface area contributed by atoms with Crippen molar-refractivity contribution in [2.24, 2.45) is 5.92 Å². The molecule has 6 nitrogen and oxygen atoms in total. The van der Waals surface area contributed by atoms with Gasteiger partial charge in [-0.2, -0.15) is 0 Å². The van der Waals surface area contributed by atoms with Crippen LogP contribution < -0.4 is 10.1 Å². The van der Waals surface area contributed by atoms with E-state index in [-0.39, 0.29) is 29.8 Å². The minimum absolute atomic E-state index is 0.0345. The van der Waals surface area contributed by atoms with Gasteiger partial charge in [0.2, 0.25) is 11.8 Å². The van der Waals surface area contributed by atoms with Crippen molar-refractivity contribution in [3.8, 4) is 5.75 Å². The van der Waals surface area contributed by atoms with E-state index in [1.165, 1.54) is 5.56 Å². The molecule has 2 aliphatic rings. The number of ether oxygens (including phenoxy) is 1. The van der Waals surface area contributed by atoms with Gasteiger partial charge in [0.15, 0.2) is 0 Å². The van der Waals surface area contributed by atoms with Gasteiger partial charge in [-0.15, -0.1) is 0 Å². The van der Waals surface area contributed by atoms with Crippen molar-refractivity contribution in [3.05, 3.63) is 29.8 Å². The van der Waals surface area contributed by atoms with E-state index in [1.54, 1.807) is 12.0 Å². The highest BCUT2D eigenvalue weighted by Gasteiger charge is 2.44. The second-order valence-electron chi connectivity index (χ2n) is 6.86. The van der Waals surface area contributed by atoms with Gasteiger partial charge in [-0.1, -0.05) is 26.0 Å². The minimum Gasteiger partial charge on any atom is -0.497 e. The third-order valence-corrected chi connectivity index (χ3v) is 4.85. The first-order chi connectivity index (χ1) is 11.5. The van der Waals surface area contributed by atoms with Crippen LogP contribution in [-0.2, 0) is 16.1 Å². The second kappa shape index (κ2) is 6.81. The van der Waals surface area contributed by atoms with E-state index >= 15 is 0 Å². The van der Waals surface area contributed by atoms with Gasteiger partial charge < -0.3 is 15.0 Å². The molecule has 0 bridgehead atoms. The molecule has 1 aromatic carbocycles. The van der Waals surface area contributed by atoms with Crippen LogP contribution in [0, 0.1) is 5.92 Å². The molecule has 0 aliphatic carbocycles. The van der Waals surface area contributed by atoms with Crippen LogP contribution in [0.15, 0.2) is 24.3 Å². The predicted molar refractivity (Wildman–Crippen MR) is 90.5 cm³/mol. The number of nitrogens with zero attached hydrogens (tertiary/aromatic N) is 2. The molecule has 1 N–H and O–H groups in total. The molecule has 0 spiro atoms. The molecule has 2 amide bonds. The Morgan fingerprint density at radius 2 is 1.92 bits per heavy atom. The van der Waals surface area contributed by atoms with Crippen molar-refractivity contribution >= 4 is 11.8 Å². The molecule has 2 atom stereocenters. The lowest BCUT2D eigenvalue weighted by molar-refractivity contribution is -0.154. The van der Waals surface area contributed by atoms with Crippen molar-refractivity contribution < 1.29 is 14.3 Å². The molecule has 2 saturated heterocycles. The predicted octanol–water partition coefficient (Wildman–Crippen LogP) is 0.862. The SMILES string of the molecule is COc1ccc(CN2CCN3C(=O)[C@H](C(C)C)NC(=O)[C@H]3C2)cc1. The number of rotatable bonds is 4. The number of benzene rings is 1. The molecular formula is C18H25N3O3. The molecule has 0 radical (unpaired) electrons. The molecule has 0 aromatic heterocycles. The number of hydrogen-bond donors (Lipinski definition) is 1. The summed E-state index contributed by atoms with van der Waals surface area (Å²) in [7, 11) is 1.65. The van der Waals surface area contributed by atoms with Crippen LogP contribution in [0.4, 0.5) is 0 Å². The summed E-state index contributed by atoms with van der Waals surface area (Å²) < 4.78 is 5.17. The maximum Gasteiger partial charge on any atom is 0.246 e. The van der Waals surface area contributed by atoms with Crippen LogP contribution in [0.3, 0.4) is 0 Å². The highest BCUT2D eigenvalue weighted by Crippen LogP contribution is 2.21. The Balaban J connectivity index is 1.65. The largest absolute Gasteiger partial charge is 0.497 e. The maximum atomic E-state index is 12.6. The lowest BCUT2D eigenvalue weighted by Crippen LogP contribution is -2.70. The van der Waals surface area contributed by atoms with Crippen LogP contribution in [0.5, 0.6) is 5.75 Å². The van der Waals surface area contributed by atoms with Crippen LogP contribution in [-0.4, -0.2) is 60.4 Å². The Hall–Kier alpha value is -2.08. The topological polar surface area (TPSA) is 61.9 Å². The van der Waals surface area contributed by atoms with E-state index in [1.807, 2.05) is 38.1 Å². The molecule has 0 saturated carbocycles. The molecule has 3 rings (SSSR count). The monoisotopic (exact) mass is 331 g/mol. The molecule has 2 aliphatic heterocycles. The fraction of sp³-hybridized carbons (Fsp3) is 0.556. The summed E-state index contributed by atoms with van der Waals surface area (Å²) in [4.78, 5) is 29.0. The van der Waals surface area contributed by atoms with Gasteiger partial charge in [-0.25, -0.2) is 0 Å². The maximum absolute atomic E-state index is 12.6. The van der Waals surface area contributed by atoms with E-state index < -0.39 is 0 Å². The Kier molecular flexibility index (Phi) is 4.76. The van der Waals surface area contributed by atoms with E-state index in [4.69, 9.17) is 4.74 Å². The minimum atomic E-state index is -0.387. The number of fused-ring (bicyclic) bond motifs is 1. The summed E-state index contributed by atoms with van der Waals surface area (Å²) in [6.07, 6.45) is 0. The third kappa shape index (κ3) is 3.24. The number of carbonyl (C=O) groups is 2. The fourth-order valence-corrected chi connectivity index (χ4v) is 3.40. The Bertz CT molecular complexity index is 614. The van der Waals surface area contributed by atoms with E-state index in [0.29, 0.717) is 13.1 Å². The smallest absolute Gasteiger partial charge is 0.246 e. The van der Waals surface area contributed by atoms with Crippen molar-refractivity contribution in [1.29, 1.82) is 0 Å². The van der Waals surface area contributed by atoms with Gasteiger partial charge in [0.25, 0.3) is 0 Å². The molecule has 6 heteroatoms. The van der Waals surface area contributed by atoms with Crippen molar-refractivity contribution in [2.75, 3.05) is 26.7 Å². The van der Waals surface area contributed by atoms with Crippen LogP contribution in [0.25, 0.3) is 0 Å². The number of hydrogen-bond acceptors (Lipinski definition) is 4. The Morgan fingerprint density at radius 3 is 2.54 bits per heavy atom. The highest BCUT2D eigenvalue weighted by atomic mass is 16.5. The zero-order chi connectivity index (χ0) is 17.3. The average Bonchev–Trinajstić information content (AvgIpc) is 2.58. The lowest BCUT2D eigenvalue weighted by Gasteiger charge is -2.46. The summed E-state index contributed by atoms with van der Waals surface area (Å²) in [5.74, 6) is 0.965. The number of methoxy groups -OCH3 is 1. The Labute approximate surface area is 142 Å². The summed E-state index contributed by atoms with van der Waals surface area (Å²) in [5.41, 5.74) is 1.17. The van der Waals surface area contributed by atoms with Crippen molar-refractivity contribution in [2.45, 2.75) is 32.5 Å². The van der Waals surface area contributed by atoms with Gasteiger partial charge >= 0.3 is 0 Å². The molecule has 130 valence electrons. The molecule has 2 heterocycles. The number of nitrogens with one attached hydrogen (secondary N) is 1. The average molecular weight is 331 g/mol. The zero-order valence-electron chi connectivity index (χ0n) is 14.5. The van der Waals surface area contributed by atoms with Crippen LogP contribution in [0.1, 0.15) is 19.4 Å². The zero-order valence-corrected chi connectivity index (χ0v) is 14.5. The fourth-order valence-electron chi connectivity index (χ4n) is 3.40. The van der Waals surface area contributed by atoms with Gasteiger partial charge in [-0.05, 0) is 23.6 Å². The van der Waals surface area contributed by atoms with E-state index in [9.17, 15) is 9.59 Å². The lowest BCUT2D eigenvalue weighted by atomic mass is 9.96. The first kappa shape index (κ1) is 16.8. The summed E-state index contributed by atoms with van der Waals surface area (Å²) in [6, 6.07) is 7.19. The molecule has 2 fully saturated rings. The molecule has 0 unspecified atom stereocenters. The number of amides is 2. The van der Waals surface area contributed by atoms with Crippen LogP contribution in [0.2, 0.25) is 0 Å². The standard InChI is InChI=1S/C18H25N3O3/c1-12(2)16-18(23)21-9-8-20(11-15(21)17(22)19-16)10-13-4-6-14(24-3)7-5-13/h4-7,12,15-16H,8-11H2,1-3H3,(H,19,22)/t15-,16+/m1/s1. The van der Waals surface area contributed by atoms with Gasteiger partial charge in [0.1, 0.15) is 17.8 Å². The van der Waals surface area contributed by atoms with Gasteiger partial charge in [0, 0.05) is 26.2 Å². The van der Waals surface area contributed by atoms with Gasteiger partial charge in [0.05, 0.1) is 7.11 Å². The molecular weight excluding hydrogens is 306 g/mol. The van der Waals surface area contributed by atoms with Crippen molar-refractivity contribution in [1.82, 2.24) is 15.1 Å². The highest BCUT2D eigenvalue weighted by molar-refractivity contribution is 5.97. The third-order valence-electron chi connectivity index (χ3n) is 4.85. The number of piperazine rings is 2. The van der Waals surface area contributed by atoms with Crippen LogP contribution >= 0.6 is 0 Å². The van der Waals surface area contributed by atoms with Gasteiger partial charge in [-0.3, -0.25) is 14.5 Å². The normalized spacial score (nSPS) is 24.8. The number of carbonyl (C=O) groups excluding carboxylic acids is 2. The Morgan fingerprint density at radius 1 is 1.21 bits per heavy atom.